The van der Waals surface area contributed by atoms with Crippen LogP contribution in [0.4, 0.5) is 0 Å². The predicted octanol–water partition coefficient (Wildman–Crippen LogP) is 0.565. The molecular formula is C11H14NO5+. The van der Waals surface area contributed by atoms with E-state index >= 15 is 0 Å². The molecule has 0 aromatic carbocycles. The van der Waals surface area contributed by atoms with Crippen LogP contribution in [0.15, 0.2) is 18.3 Å². The largest absolute Gasteiger partial charge is 0.462 e. The Labute approximate surface area is 98.3 Å². The first-order valence-electron chi connectivity index (χ1n) is 5.20. The van der Waals surface area contributed by atoms with E-state index in [1.165, 1.54) is 18.3 Å². The monoisotopic (exact) mass is 240 g/mol. The average Bonchev–Trinajstić information content (AvgIpc) is 2.29. The van der Waals surface area contributed by atoms with Gasteiger partial charge in [0.2, 0.25) is 6.20 Å². The van der Waals surface area contributed by atoms with Gasteiger partial charge in [-0.05, 0) is 19.9 Å². The topological polar surface area (TPSA) is 76.7 Å². The molecular weight excluding hydrogens is 226 g/mol. The molecule has 0 spiro atoms. The lowest BCUT2D eigenvalue weighted by molar-refractivity contribution is -0.906. The molecule has 0 saturated carbocycles. The van der Waals surface area contributed by atoms with Crippen molar-refractivity contribution in [2.24, 2.45) is 0 Å². The number of hydrogen-bond donors (Lipinski definition) is 1. The highest BCUT2D eigenvalue weighted by atomic mass is 16.5. The first kappa shape index (κ1) is 13.0. The number of nitrogens with zero attached hydrogens (tertiary/aromatic N) is 1. The number of carbonyl (C=O) groups excluding carboxylic acids is 2. The molecule has 1 aromatic heterocycles. The van der Waals surface area contributed by atoms with Crippen LogP contribution in [-0.2, 0) is 9.47 Å². The zero-order valence-electron chi connectivity index (χ0n) is 9.67. The van der Waals surface area contributed by atoms with Crippen LogP contribution in [0.3, 0.4) is 0 Å². The molecule has 0 bridgehead atoms. The second-order valence-corrected chi connectivity index (χ2v) is 3.06. The molecule has 1 N–H and O–H groups in total. The molecule has 92 valence electrons. The number of ether oxygens (including phenoxy) is 2. The van der Waals surface area contributed by atoms with Gasteiger partial charge in [-0.1, -0.05) is 0 Å². The first-order chi connectivity index (χ1) is 8.11. The van der Waals surface area contributed by atoms with Gasteiger partial charge in [0.05, 0.1) is 13.2 Å². The maximum Gasteiger partial charge on any atom is 0.409 e. The Kier molecular flexibility index (Phi) is 4.45. The van der Waals surface area contributed by atoms with Crippen LogP contribution in [0.2, 0.25) is 0 Å². The van der Waals surface area contributed by atoms with Crippen LogP contribution in [-0.4, -0.2) is 30.4 Å². The summed E-state index contributed by atoms with van der Waals surface area (Å²) in [6, 6.07) is 2.81. The first-order valence-corrected chi connectivity index (χ1v) is 5.20. The highest BCUT2D eigenvalue weighted by Crippen LogP contribution is 2.07. The summed E-state index contributed by atoms with van der Waals surface area (Å²) in [7, 11) is 0. The zero-order chi connectivity index (χ0) is 12.8. The zero-order valence-corrected chi connectivity index (χ0v) is 9.67. The van der Waals surface area contributed by atoms with E-state index in [4.69, 9.17) is 9.47 Å². The SMILES string of the molecule is CCOC(=O)c1ccc[n+](O)c1C(=O)OCC. The third kappa shape index (κ3) is 2.93. The van der Waals surface area contributed by atoms with Crippen molar-refractivity contribution in [2.75, 3.05) is 13.2 Å². The molecule has 0 fully saturated rings. The van der Waals surface area contributed by atoms with E-state index < -0.39 is 11.9 Å². The minimum atomic E-state index is -0.779. The van der Waals surface area contributed by atoms with Gasteiger partial charge < -0.3 is 9.47 Å². The average molecular weight is 240 g/mol. The van der Waals surface area contributed by atoms with Gasteiger partial charge in [0.25, 0.3) is 0 Å². The smallest absolute Gasteiger partial charge is 0.409 e. The van der Waals surface area contributed by atoms with Crippen LogP contribution in [0.1, 0.15) is 34.7 Å². The summed E-state index contributed by atoms with van der Waals surface area (Å²) < 4.78 is 10.1. The van der Waals surface area contributed by atoms with Gasteiger partial charge in [-0.25, -0.2) is 9.59 Å². The number of hydrogen-bond acceptors (Lipinski definition) is 5. The normalized spacial score (nSPS) is 9.76. The molecule has 6 nitrogen and oxygen atoms in total. The van der Waals surface area contributed by atoms with Gasteiger partial charge in [-0.3, -0.25) is 5.21 Å². The van der Waals surface area contributed by atoms with Crippen molar-refractivity contribution in [1.29, 1.82) is 0 Å². The maximum absolute atomic E-state index is 11.6. The van der Waals surface area contributed by atoms with Crippen LogP contribution in [0.25, 0.3) is 0 Å². The van der Waals surface area contributed by atoms with Gasteiger partial charge in [0, 0.05) is 10.8 Å². The molecule has 6 heteroatoms. The Bertz CT molecular complexity index is 430. The van der Waals surface area contributed by atoms with Crippen molar-refractivity contribution in [2.45, 2.75) is 13.8 Å². The molecule has 0 saturated heterocycles. The fourth-order valence-corrected chi connectivity index (χ4v) is 1.27. The van der Waals surface area contributed by atoms with Gasteiger partial charge in [-0.2, -0.15) is 0 Å². The number of aromatic nitrogens is 1. The Morgan fingerprint density at radius 2 is 1.82 bits per heavy atom. The highest BCUT2D eigenvalue weighted by molar-refractivity contribution is 6.00. The molecule has 0 amide bonds. The standard InChI is InChI=1S/C11H14NO5/c1-3-16-10(13)8-6-5-7-12(15)9(8)11(14)17-4-2/h5-7,15H,3-4H2,1-2H3/q+1. The van der Waals surface area contributed by atoms with Crippen LogP contribution >= 0.6 is 0 Å². The summed E-state index contributed by atoms with van der Waals surface area (Å²) in [5.74, 6) is -1.46. The molecule has 0 atom stereocenters. The molecule has 1 aromatic rings. The lowest BCUT2D eigenvalue weighted by Crippen LogP contribution is -2.40. The van der Waals surface area contributed by atoms with E-state index in [2.05, 4.69) is 0 Å². The van der Waals surface area contributed by atoms with Gasteiger partial charge in [-0.15, -0.1) is 0 Å². The van der Waals surface area contributed by atoms with E-state index in [-0.39, 0.29) is 24.5 Å². The fourth-order valence-electron chi connectivity index (χ4n) is 1.27. The summed E-state index contributed by atoms with van der Waals surface area (Å²) in [6.45, 7) is 3.61. The molecule has 0 aliphatic carbocycles. The van der Waals surface area contributed by atoms with Crippen LogP contribution in [0, 0.1) is 0 Å². The number of pyridine rings is 1. The molecule has 0 unspecified atom stereocenters. The van der Waals surface area contributed by atoms with Gasteiger partial charge in [0.15, 0.2) is 0 Å². The van der Waals surface area contributed by atoms with Crippen molar-refractivity contribution in [1.82, 2.24) is 0 Å². The lowest BCUT2D eigenvalue weighted by atomic mass is 10.2. The number of carbonyl (C=O) groups is 2. The second-order valence-electron chi connectivity index (χ2n) is 3.06. The third-order valence-electron chi connectivity index (χ3n) is 1.94. The summed E-state index contributed by atoms with van der Waals surface area (Å²) >= 11 is 0. The van der Waals surface area contributed by atoms with Crippen molar-refractivity contribution >= 4 is 11.9 Å². The van der Waals surface area contributed by atoms with Crippen molar-refractivity contribution in [3.05, 3.63) is 29.6 Å². The highest BCUT2D eigenvalue weighted by Gasteiger charge is 2.30. The van der Waals surface area contributed by atoms with E-state index in [1.54, 1.807) is 13.8 Å². The molecule has 0 aliphatic rings. The fraction of sp³-hybridized carbons (Fsp3) is 0.364. The third-order valence-corrected chi connectivity index (χ3v) is 1.94. The second kappa shape index (κ2) is 5.83. The Balaban J connectivity index is 3.17. The summed E-state index contributed by atoms with van der Waals surface area (Å²) in [6.07, 6.45) is 1.23. The number of esters is 2. The lowest BCUT2D eigenvalue weighted by Gasteiger charge is -2.04. The molecule has 0 radical (unpaired) electrons. The Morgan fingerprint density at radius 3 is 2.41 bits per heavy atom. The molecule has 1 rings (SSSR count). The summed E-state index contributed by atoms with van der Waals surface area (Å²) in [5.41, 5.74) is -0.275. The van der Waals surface area contributed by atoms with E-state index in [9.17, 15) is 14.8 Å². The Hall–Kier alpha value is -2.11. The number of rotatable bonds is 4. The minimum Gasteiger partial charge on any atom is -0.462 e. The minimum absolute atomic E-state index is 0.0321. The quantitative estimate of drug-likeness (QED) is 0.473. The molecule has 1 heterocycles. The van der Waals surface area contributed by atoms with E-state index in [1.807, 2.05) is 0 Å². The molecule has 0 aliphatic heterocycles. The van der Waals surface area contributed by atoms with E-state index in [0.29, 0.717) is 4.73 Å². The maximum atomic E-state index is 11.6. The summed E-state index contributed by atoms with van der Waals surface area (Å²) in [4.78, 5) is 23.2. The van der Waals surface area contributed by atoms with Gasteiger partial charge in [0.1, 0.15) is 5.56 Å². The van der Waals surface area contributed by atoms with E-state index in [0.717, 1.165) is 0 Å². The van der Waals surface area contributed by atoms with Crippen molar-refractivity contribution in [3.8, 4) is 0 Å². The predicted molar refractivity (Wildman–Crippen MR) is 55.7 cm³/mol. The van der Waals surface area contributed by atoms with Crippen molar-refractivity contribution < 1.29 is 29.0 Å². The van der Waals surface area contributed by atoms with Crippen LogP contribution < -0.4 is 4.73 Å². The van der Waals surface area contributed by atoms with Crippen LogP contribution in [0.5, 0.6) is 0 Å². The van der Waals surface area contributed by atoms with Crippen molar-refractivity contribution in [3.63, 3.8) is 0 Å². The summed E-state index contributed by atoms with van der Waals surface area (Å²) in [5, 5.41) is 9.51. The van der Waals surface area contributed by atoms with Gasteiger partial charge >= 0.3 is 17.6 Å². The molecule has 17 heavy (non-hydrogen) atoms. The Morgan fingerprint density at radius 1 is 1.24 bits per heavy atom.